The molecule has 0 heterocycles. The highest BCUT2D eigenvalue weighted by molar-refractivity contribution is 6.31. The highest BCUT2D eigenvalue weighted by Gasteiger charge is 2.09. The molecule has 0 aliphatic heterocycles. The number of nitrogens with zero attached hydrogens (tertiary/aromatic N) is 2. The maximum Gasteiger partial charge on any atom is 0.275 e. The number of rotatable bonds is 4. The van der Waals surface area contributed by atoms with Crippen LogP contribution in [0.1, 0.15) is 12.5 Å². The number of nitrogen functional groups attached to an aromatic ring is 1. The summed E-state index contributed by atoms with van der Waals surface area (Å²) >= 11 is 5.90. The molecule has 0 unspecified atom stereocenters. The topological polar surface area (TPSA) is 90.8 Å². The molecule has 0 aliphatic rings. The van der Waals surface area contributed by atoms with Gasteiger partial charge in [0.05, 0.1) is 16.7 Å². The Morgan fingerprint density at radius 3 is 2.76 bits per heavy atom. The Bertz CT molecular complexity index is 716. The minimum atomic E-state index is -0.545. The van der Waals surface area contributed by atoms with Crippen LogP contribution in [0.2, 0.25) is 5.02 Å². The van der Waals surface area contributed by atoms with Crippen molar-refractivity contribution < 1.29 is 9.76 Å². The molecule has 0 saturated carbocycles. The summed E-state index contributed by atoms with van der Waals surface area (Å²) in [6.45, 7) is 1.74. The molecule has 2 rings (SSSR count). The molecule has 0 amide bonds. The van der Waals surface area contributed by atoms with Gasteiger partial charge in [-0.15, -0.1) is 0 Å². The molecule has 108 valence electrons. The van der Waals surface area contributed by atoms with E-state index >= 15 is 0 Å². The van der Waals surface area contributed by atoms with E-state index < -0.39 is 4.92 Å². The fourth-order valence-electron chi connectivity index (χ4n) is 1.65. The Morgan fingerprint density at radius 2 is 2.10 bits per heavy atom. The number of benzene rings is 2. The van der Waals surface area contributed by atoms with E-state index in [1.807, 2.05) is 6.07 Å². The Kier molecular flexibility index (Phi) is 4.39. The van der Waals surface area contributed by atoms with Crippen molar-refractivity contribution in [3.8, 4) is 5.75 Å². The molecule has 0 aromatic heterocycles. The molecule has 2 aromatic rings. The van der Waals surface area contributed by atoms with E-state index in [9.17, 15) is 10.1 Å². The van der Waals surface area contributed by atoms with E-state index in [1.54, 1.807) is 25.1 Å². The molecule has 0 saturated heterocycles. The predicted molar refractivity (Wildman–Crippen MR) is 81.8 cm³/mol. The average Bonchev–Trinajstić information content (AvgIpc) is 2.44. The highest BCUT2D eigenvalue weighted by Crippen LogP contribution is 2.24. The molecule has 0 atom stereocenters. The van der Waals surface area contributed by atoms with Crippen LogP contribution in [0.15, 0.2) is 47.6 Å². The summed E-state index contributed by atoms with van der Waals surface area (Å²) in [7, 11) is 0. The molecular formula is C14H12ClN3O3. The van der Waals surface area contributed by atoms with Gasteiger partial charge in [0.25, 0.3) is 5.69 Å². The summed E-state index contributed by atoms with van der Waals surface area (Å²) < 4.78 is 0. The van der Waals surface area contributed by atoms with Crippen LogP contribution in [0, 0.1) is 10.1 Å². The van der Waals surface area contributed by atoms with Crippen molar-refractivity contribution in [1.82, 2.24) is 0 Å². The smallest absolute Gasteiger partial charge is 0.275 e. The Balaban J connectivity index is 2.22. The van der Waals surface area contributed by atoms with Gasteiger partial charge in [-0.25, -0.2) is 0 Å². The molecule has 0 bridgehead atoms. The SMILES string of the molecule is C/C(=N\Oc1cc(N)cc([N+](=O)[O-])c1)c1cccc(Cl)c1. The summed E-state index contributed by atoms with van der Waals surface area (Å²) in [6, 6.07) is 11.1. The number of oxime groups is 1. The van der Waals surface area contributed by atoms with Crippen LogP contribution in [-0.4, -0.2) is 10.6 Å². The maximum atomic E-state index is 10.7. The lowest BCUT2D eigenvalue weighted by Gasteiger charge is -2.03. The Hall–Kier alpha value is -2.60. The molecule has 21 heavy (non-hydrogen) atoms. The average molecular weight is 306 g/mol. The molecular weight excluding hydrogens is 294 g/mol. The van der Waals surface area contributed by atoms with Crippen molar-refractivity contribution >= 4 is 28.7 Å². The standard InChI is InChI=1S/C14H12ClN3O3/c1-9(10-3-2-4-11(15)5-10)17-21-14-7-12(16)6-13(8-14)18(19)20/h2-8H,16H2,1H3/b17-9+. The molecule has 7 heteroatoms. The summed E-state index contributed by atoms with van der Waals surface area (Å²) in [4.78, 5) is 15.4. The van der Waals surface area contributed by atoms with Crippen LogP contribution in [0.3, 0.4) is 0 Å². The van der Waals surface area contributed by atoms with Crippen LogP contribution in [0.25, 0.3) is 0 Å². The van der Waals surface area contributed by atoms with Crippen LogP contribution in [0.4, 0.5) is 11.4 Å². The second kappa shape index (κ2) is 6.23. The van der Waals surface area contributed by atoms with Gasteiger partial charge in [0.2, 0.25) is 0 Å². The molecule has 0 radical (unpaired) electrons. The third-order valence-electron chi connectivity index (χ3n) is 2.65. The number of halogens is 1. The molecule has 6 nitrogen and oxygen atoms in total. The molecule has 0 fully saturated rings. The lowest BCUT2D eigenvalue weighted by Crippen LogP contribution is -1.99. The van der Waals surface area contributed by atoms with Crippen LogP contribution in [0.5, 0.6) is 5.75 Å². The fraction of sp³-hybridized carbons (Fsp3) is 0.0714. The van der Waals surface area contributed by atoms with E-state index in [2.05, 4.69) is 5.16 Å². The first-order chi connectivity index (χ1) is 9.95. The number of nitro benzene ring substituents is 1. The third-order valence-corrected chi connectivity index (χ3v) is 2.89. The van der Waals surface area contributed by atoms with Crippen LogP contribution in [-0.2, 0) is 0 Å². The molecule has 0 spiro atoms. The van der Waals surface area contributed by atoms with Crippen molar-refractivity contribution in [2.75, 3.05) is 5.73 Å². The van der Waals surface area contributed by atoms with E-state index in [4.69, 9.17) is 22.2 Å². The number of anilines is 1. The van der Waals surface area contributed by atoms with E-state index in [-0.39, 0.29) is 17.1 Å². The molecule has 2 N–H and O–H groups in total. The second-order valence-electron chi connectivity index (χ2n) is 4.30. The Labute approximate surface area is 125 Å². The second-order valence-corrected chi connectivity index (χ2v) is 4.73. The zero-order chi connectivity index (χ0) is 15.4. The maximum absolute atomic E-state index is 10.7. The van der Waals surface area contributed by atoms with Gasteiger partial charge in [0.15, 0.2) is 5.75 Å². The van der Waals surface area contributed by atoms with Crippen molar-refractivity contribution in [3.63, 3.8) is 0 Å². The minimum Gasteiger partial charge on any atom is -0.398 e. The minimum absolute atomic E-state index is 0.152. The predicted octanol–water partition coefficient (Wildman–Crippen LogP) is 3.63. The van der Waals surface area contributed by atoms with Crippen molar-refractivity contribution in [2.24, 2.45) is 5.16 Å². The summed E-state index contributed by atoms with van der Waals surface area (Å²) in [5, 5.41) is 15.3. The number of non-ortho nitro benzene ring substituents is 1. The van der Waals surface area contributed by atoms with Gasteiger partial charge in [-0.05, 0) is 19.1 Å². The van der Waals surface area contributed by atoms with Crippen LogP contribution >= 0.6 is 11.6 Å². The third kappa shape index (κ3) is 3.93. The van der Waals surface area contributed by atoms with Crippen molar-refractivity contribution in [3.05, 3.63) is 63.2 Å². The normalized spacial score (nSPS) is 11.2. The number of hydrogen-bond acceptors (Lipinski definition) is 5. The van der Waals surface area contributed by atoms with Gasteiger partial charge in [-0.3, -0.25) is 10.1 Å². The first-order valence-electron chi connectivity index (χ1n) is 5.98. The summed E-state index contributed by atoms with van der Waals surface area (Å²) in [5.41, 5.74) is 7.04. The monoisotopic (exact) mass is 305 g/mol. The lowest BCUT2D eigenvalue weighted by molar-refractivity contribution is -0.384. The largest absolute Gasteiger partial charge is 0.398 e. The van der Waals surface area contributed by atoms with Gasteiger partial charge in [-0.1, -0.05) is 28.9 Å². The van der Waals surface area contributed by atoms with E-state index in [1.165, 1.54) is 18.2 Å². The zero-order valence-electron chi connectivity index (χ0n) is 11.1. The summed E-state index contributed by atoms with van der Waals surface area (Å²) in [6.07, 6.45) is 0. The summed E-state index contributed by atoms with van der Waals surface area (Å²) in [5.74, 6) is 0.197. The number of hydrogen-bond donors (Lipinski definition) is 1. The van der Waals surface area contributed by atoms with Crippen molar-refractivity contribution in [2.45, 2.75) is 6.92 Å². The first-order valence-corrected chi connectivity index (χ1v) is 6.36. The zero-order valence-corrected chi connectivity index (χ0v) is 11.9. The first kappa shape index (κ1) is 14.8. The van der Waals surface area contributed by atoms with Gasteiger partial charge in [0.1, 0.15) is 0 Å². The fourth-order valence-corrected chi connectivity index (χ4v) is 1.84. The molecule has 2 aromatic carbocycles. The Morgan fingerprint density at radius 1 is 1.33 bits per heavy atom. The van der Waals surface area contributed by atoms with Gasteiger partial charge < -0.3 is 10.6 Å². The van der Waals surface area contributed by atoms with Gasteiger partial charge >= 0.3 is 0 Å². The number of nitro groups is 1. The van der Waals surface area contributed by atoms with Crippen LogP contribution < -0.4 is 10.6 Å². The van der Waals surface area contributed by atoms with Gasteiger partial charge in [0, 0.05) is 28.4 Å². The van der Waals surface area contributed by atoms with Gasteiger partial charge in [-0.2, -0.15) is 0 Å². The highest BCUT2D eigenvalue weighted by atomic mass is 35.5. The molecule has 0 aliphatic carbocycles. The lowest BCUT2D eigenvalue weighted by atomic mass is 10.1. The quantitative estimate of drug-likeness (QED) is 0.404. The number of nitrogens with two attached hydrogens (primary N) is 1. The van der Waals surface area contributed by atoms with E-state index in [0.717, 1.165) is 5.56 Å². The van der Waals surface area contributed by atoms with Crippen molar-refractivity contribution in [1.29, 1.82) is 0 Å². The van der Waals surface area contributed by atoms with E-state index in [0.29, 0.717) is 10.7 Å².